The van der Waals surface area contributed by atoms with Gasteiger partial charge < -0.3 is 10.6 Å². The van der Waals surface area contributed by atoms with E-state index in [4.69, 9.17) is 0 Å². The molecule has 2 aliphatic rings. The van der Waals surface area contributed by atoms with Gasteiger partial charge in [0.15, 0.2) is 0 Å². The van der Waals surface area contributed by atoms with Crippen LogP contribution in [0.5, 0.6) is 0 Å². The number of allylic oxidation sites excluding steroid dienone is 3. The number of nitrogens with zero attached hydrogens (tertiary/aromatic N) is 2. The maximum Gasteiger partial charge on any atom is 0.252 e. The maximum atomic E-state index is 13.0. The number of carbonyl (C=O) groups excluding carboxylic acids is 2. The van der Waals surface area contributed by atoms with Crippen LogP contribution >= 0.6 is 23.1 Å². The minimum Gasteiger partial charge on any atom is -0.347 e. The van der Waals surface area contributed by atoms with Crippen molar-refractivity contribution in [1.82, 2.24) is 15.3 Å². The molecule has 5 rings (SSSR count). The van der Waals surface area contributed by atoms with E-state index in [0.29, 0.717) is 28.5 Å². The summed E-state index contributed by atoms with van der Waals surface area (Å²) in [6.45, 7) is 0.302. The summed E-state index contributed by atoms with van der Waals surface area (Å²) in [6.07, 6.45) is 9.42. The fraction of sp³-hybridized carbons (Fsp3) is 0.130. The standard InChI is InChI=1S/C23H17FN4O2S2/c24-14-6-7-17(25-10-14)23-27-12-15(31-23)11-26-21(29)13-5-8-20-18(9-13)28-22(30)16-3-1-2-4-19(16)32-20/h1-3,5-10,12,19H,4,11H2,(H,26,29)(H,28,30). The molecule has 0 fully saturated rings. The molecule has 32 heavy (non-hydrogen) atoms. The number of rotatable bonds is 4. The zero-order valence-electron chi connectivity index (χ0n) is 16.7. The highest BCUT2D eigenvalue weighted by Crippen LogP contribution is 2.40. The highest BCUT2D eigenvalue weighted by atomic mass is 32.2. The Labute approximate surface area is 191 Å². The summed E-state index contributed by atoms with van der Waals surface area (Å²) in [5, 5.41) is 6.55. The Hall–Kier alpha value is -3.30. The Morgan fingerprint density at radius 3 is 2.97 bits per heavy atom. The summed E-state index contributed by atoms with van der Waals surface area (Å²) < 4.78 is 13.0. The predicted octanol–water partition coefficient (Wildman–Crippen LogP) is 4.57. The van der Waals surface area contributed by atoms with Crippen molar-refractivity contribution in [3.8, 4) is 10.7 Å². The van der Waals surface area contributed by atoms with E-state index in [2.05, 4.69) is 26.7 Å². The quantitative estimate of drug-likeness (QED) is 0.591. The van der Waals surface area contributed by atoms with Crippen LogP contribution in [0.4, 0.5) is 10.1 Å². The lowest BCUT2D eigenvalue weighted by Gasteiger charge is -2.16. The van der Waals surface area contributed by atoms with Crippen LogP contribution in [0.2, 0.25) is 0 Å². The number of thioether (sulfide) groups is 1. The monoisotopic (exact) mass is 464 g/mol. The molecule has 2 N–H and O–H groups in total. The molecule has 1 aromatic carbocycles. The second-order valence-corrected chi connectivity index (χ2v) is 9.59. The molecule has 2 aromatic heterocycles. The number of benzene rings is 1. The molecule has 3 heterocycles. The summed E-state index contributed by atoms with van der Waals surface area (Å²) in [4.78, 5) is 35.4. The first-order chi connectivity index (χ1) is 15.6. The van der Waals surface area contributed by atoms with Gasteiger partial charge in [0.05, 0.1) is 24.1 Å². The number of fused-ring (bicyclic) bond motifs is 2. The molecular weight excluding hydrogens is 447 g/mol. The van der Waals surface area contributed by atoms with Gasteiger partial charge in [-0.1, -0.05) is 18.2 Å². The van der Waals surface area contributed by atoms with Crippen molar-refractivity contribution in [2.75, 3.05) is 5.32 Å². The Bertz CT molecular complexity index is 1270. The minimum atomic E-state index is -0.403. The number of carbonyl (C=O) groups is 2. The topological polar surface area (TPSA) is 84.0 Å². The number of hydrogen-bond donors (Lipinski definition) is 2. The number of pyridine rings is 1. The highest BCUT2D eigenvalue weighted by molar-refractivity contribution is 8.00. The summed E-state index contributed by atoms with van der Waals surface area (Å²) in [5.41, 5.74) is 2.44. The van der Waals surface area contributed by atoms with Gasteiger partial charge in [-0.15, -0.1) is 23.1 Å². The van der Waals surface area contributed by atoms with Crippen molar-refractivity contribution in [2.45, 2.75) is 23.1 Å². The van der Waals surface area contributed by atoms with E-state index < -0.39 is 5.82 Å². The van der Waals surface area contributed by atoms with Gasteiger partial charge in [-0.2, -0.15) is 0 Å². The van der Waals surface area contributed by atoms with Crippen molar-refractivity contribution >= 4 is 40.6 Å². The summed E-state index contributed by atoms with van der Waals surface area (Å²) in [7, 11) is 0. The molecule has 1 atom stereocenters. The Morgan fingerprint density at radius 2 is 2.12 bits per heavy atom. The maximum absolute atomic E-state index is 13.0. The van der Waals surface area contributed by atoms with Crippen LogP contribution < -0.4 is 10.6 Å². The van der Waals surface area contributed by atoms with Crippen molar-refractivity contribution in [3.05, 3.63) is 82.8 Å². The molecule has 2 amide bonds. The Balaban J connectivity index is 1.27. The van der Waals surface area contributed by atoms with Gasteiger partial charge in [-0.3, -0.25) is 14.6 Å². The van der Waals surface area contributed by atoms with Gasteiger partial charge in [-0.05, 0) is 36.8 Å². The predicted molar refractivity (Wildman–Crippen MR) is 123 cm³/mol. The molecule has 9 heteroatoms. The van der Waals surface area contributed by atoms with Crippen molar-refractivity contribution < 1.29 is 14.0 Å². The average Bonchev–Trinajstić information content (AvgIpc) is 3.23. The van der Waals surface area contributed by atoms with Gasteiger partial charge >= 0.3 is 0 Å². The van der Waals surface area contributed by atoms with Crippen LogP contribution in [-0.4, -0.2) is 27.0 Å². The van der Waals surface area contributed by atoms with E-state index in [9.17, 15) is 14.0 Å². The third kappa shape index (κ3) is 4.21. The second-order valence-electron chi connectivity index (χ2n) is 7.23. The van der Waals surface area contributed by atoms with Crippen LogP contribution in [0.3, 0.4) is 0 Å². The largest absolute Gasteiger partial charge is 0.347 e. The summed E-state index contributed by atoms with van der Waals surface area (Å²) in [5.74, 6) is -0.778. The van der Waals surface area contributed by atoms with E-state index in [-0.39, 0.29) is 17.1 Å². The van der Waals surface area contributed by atoms with E-state index in [0.717, 1.165) is 28.0 Å². The Kier molecular flexibility index (Phi) is 5.59. The first kappa shape index (κ1) is 20.6. The van der Waals surface area contributed by atoms with Gasteiger partial charge in [0, 0.05) is 32.4 Å². The third-order valence-corrected chi connectivity index (χ3v) is 7.41. The zero-order chi connectivity index (χ0) is 22.1. The van der Waals surface area contributed by atoms with Gasteiger partial charge in [0.2, 0.25) is 0 Å². The van der Waals surface area contributed by atoms with Crippen LogP contribution in [0, 0.1) is 5.82 Å². The summed E-state index contributed by atoms with van der Waals surface area (Å²) >= 11 is 3.01. The first-order valence-electron chi connectivity index (χ1n) is 9.90. The van der Waals surface area contributed by atoms with Crippen LogP contribution in [-0.2, 0) is 11.3 Å². The molecule has 3 aromatic rings. The molecule has 1 aliphatic carbocycles. The van der Waals surface area contributed by atoms with Gasteiger partial charge in [0.1, 0.15) is 10.8 Å². The van der Waals surface area contributed by atoms with Crippen LogP contribution in [0.25, 0.3) is 10.7 Å². The van der Waals surface area contributed by atoms with Crippen molar-refractivity contribution in [3.63, 3.8) is 0 Å². The molecule has 0 saturated heterocycles. The van der Waals surface area contributed by atoms with Crippen molar-refractivity contribution in [1.29, 1.82) is 0 Å². The number of amides is 2. The number of halogens is 1. The van der Waals surface area contributed by atoms with E-state index >= 15 is 0 Å². The van der Waals surface area contributed by atoms with Crippen LogP contribution in [0.1, 0.15) is 21.7 Å². The van der Waals surface area contributed by atoms with Gasteiger partial charge in [0.25, 0.3) is 11.8 Å². The number of hydrogen-bond acceptors (Lipinski definition) is 6. The molecule has 0 bridgehead atoms. The fourth-order valence-electron chi connectivity index (χ4n) is 3.44. The smallest absolute Gasteiger partial charge is 0.252 e. The fourth-order valence-corrected chi connectivity index (χ4v) is 5.48. The third-order valence-electron chi connectivity index (χ3n) is 5.05. The first-order valence-corrected chi connectivity index (χ1v) is 11.6. The molecule has 6 nitrogen and oxygen atoms in total. The molecular formula is C23H17FN4O2S2. The van der Waals surface area contributed by atoms with Gasteiger partial charge in [-0.25, -0.2) is 9.37 Å². The molecule has 160 valence electrons. The number of nitrogens with one attached hydrogen (secondary N) is 2. The lowest BCUT2D eigenvalue weighted by atomic mass is 10.0. The van der Waals surface area contributed by atoms with Crippen molar-refractivity contribution in [2.24, 2.45) is 0 Å². The number of aromatic nitrogens is 2. The SMILES string of the molecule is O=C1Nc2cc(C(=O)NCc3cnc(-c4ccc(F)cn4)s3)ccc2SC2CC=CC=C12. The van der Waals surface area contributed by atoms with E-state index in [1.165, 1.54) is 17.4 Å². The normalized spacial score (nSPS) is 17.0. The number of anilines is 1. The minimum absolute atomic E-state index is 0.0806. The van der Waals surface area contributed by atoms with Crippen LogP contribution in [0.15, 0.2) is 71.4 Å². The number of thiazole rings is 1. The second kappa shape index (κ2) is 8.68. The zero-order valence-corrected chi connectivity index (χ0v) is 18.3. The lowest BCUT2D eigenvalue weighted by molar-refractivity contribution is -0.112. The molecule has 0 spiro atoms. The molecule has 0 saturated carbocycles. The molecule has 1 unspecified atom stereocenters. The lowest BCUT2D eigenvalue weighted by Crippen LogP contribution is -2.23. The average molecular weight is 465 g/mol. The van der Waals surface area contributed by atoms with E-state index in [1.54, 1.807) is 36.2 Å². The molecule has 1 aliphatic heterocycles. The van der Waals surface area contributed by atoms with E-state index in [1.807, 2.05) is 18.2 Å². The Morgan fingerprint density at radius 1 is 1.22 bits per heavy atom. The highest BCUT2D eigenvalue weighted by Gasteiger charge is 2.28. The molecule has 0 radical (unpaired) electrons. The summed E-state index contributed by atoms with van der Waals surface area (Å²) in [6, 6.07) is 8.26.